The van der Waals surface area contributed by atoms with E-state index in [-0.39, 0.29) is 11.8 Å². The molecule has 0 unspecified atom stereocenters. The molecule has 14 nitrogen and oxygen atoms in total. The molecule has 2 N–H and O–H groups in total. The van der Waals surface area contributed by atoms with Crippen LogP contribution in [0, 0.1) is 0 Å². The van der Waals surface area contributed by atoms with Crippen LogP contribution in [0.4, 0.5) is 28.7 Å². The van der Waals surface area contributed by atoms with E-state index in [4.69, 9.17) is 5.11 Å². The van der Waals surface area contributed by atoms with Crippen molar-refractivity contribution in [1.82, 2.24) is 19.3 Å². The fourth-order valence-electron chi connectivity index (χ4n) is 9.50. The zero-order chi connectivity index (χ0) is 43.0. The van der Waals surface area contributed by atoms with E-state index in [1.807, 2.05) is 62.5 Å². The molecule has 0 atom stereocenters. The lowest BCUT2D eigenvalue weighted by Gasteiger charge is -2.36. The van der Waals surface area contributed by atoms with Crippen LogP contribution in [0.1, 0.15) is 81.5 Å². The molecule has 326 valence electrons. The maximum atomic E-state index is 13.3. The van der Waals surface area contributed by atoms with Gasteiger partial charge in [0.1, 0.15) is 18.6 Å². The number of carbonyl (C=O) groups is 2. The third-order valence-corrected chi connectivity index (χ3v) is 12.7. The van der Waals surface area contributed by atoms with Crippen molar-refractivity contribution in [3.05, 3.63) is 107 Å². The number of aromatic nitrogens is 2. The Balaban J connectivity index is 0.735. The van der Waals surface area contributed by atoms with Gasteiger partial charge in [0.2, 0.25) is 0 Å². The second kappa shape index (κ2) is 19.9. The summed E-state index contributed by atoms with van der Waals surface area (Å²) < 4.78 is 4.07. The van der Waals surface area contributed by atoms with Crippen molar-refractivity contribution in [1.29, 1.82) is 0 Å². The minimum absolute atomic E-state index is 0.0563. The smallest absolute Gasteiger partial charge is 0.371 e. The summed E-state index contributed by atoms with van der Waals surface area (Å²) in [7, 11) is 7.62. The number of aryl methyl sites for hydroxylation is 6. The van der Waals surface area contributed by atoms with E-state index >= 15 is 0 Å². The molecule has 14 heteroatoms. The monoisotopic (exact) mass is 841 g/mol. The summed E-state index contributed by atoms with van der Waals surface area (Å²) in [6.07, 6.45) is 18.9. The van der Waals surface area contributed by atoms with Gasteiger partial charge < -0.3 is 29.8 Å². The highest BCUT2D eigenvalue weighted by Crippen LogP contribution is 2.39. The van der Waals surface area contributed by atoms with Crippen LogP contribution in [-0.2, 0) is 39.3 Å². The number of carbonyl (C=O) groups excluding carboxylic acids is 2. The Hall–Kier alpha value is -5.89. The molecule has 5 heterocycles. The highest BCUT2D eigenvalue weighted by atomic mass is 16.2. The lowest BCUT2D eigenvalue weighted by Crippen LogP contribution is -2.78. The Morgan fingerprint density at radius 1 is 0.710 bits per heavy atom. The number of azo groups is 2. The van der Waals surface area contributed by atoms with Crippen molar-refractivity contribution in [2.45, 2.75) is 70.8 Å². The van der Waals surface area contributed by atoms with Crippen molar-refractivity contribution in [3.63, 3.8) is 0 Å². The molecular formula is C48H64N12O2+2. The Morgan fingerprint density at radius 2 is 1.21 bits per heavy atom. The van der Waals surface area contributed by atoms with Gasteiger partial charge in [0.15, 0.2) is 0 Å². The molecule has 62 heavy (non-hydrogen) atoms. The molecule has 0 aliphatic carbocycles. The summed E-state index contributed by atoms with van der Waals surface area (Å²) in [6.45, 7) is 7.90. The maximum Gasteiger partial charge on any atom is 0.421 e. The van der Waals surface area contributed by atoms with E-state index in [1.165, 1.54) is 72.4 Å². The standard InChI is InChI=1S/C48H63N12O2/c1-54(35-50-51-42-31-38-11-5-23-58-24-6-12-39(32-42)44(38)58)28-20-49-19-9-21-55(2)46(61)36-15-17-37(18-16-36)47(62)56(3)22-10-27-60-30-29-57(4)48(60)53-52-43-33-40-13-7-25-59-26-8-14-41(34-43)45(40)59/h15-18,20,28-34,49H,5-14,19,21-27,35H2,1-4H3/q+1/p+1. The fraction of sp³-hybridized carbons (Fsp3) is 0.479. The molecule has 3 aromatic carbocycles. The molecule has 0 bridgehead atoms. The number of nitrogens with zero attached hydrogens (tertiary/aromatic N) is 11. The minimum Gasteiger partial charge on any atom is -0.371 e. The van der Waals surface area contributed by atoms with Crippen molar-refractivity contribution in [2.75, 3.05) is 83.4 Å². The average molecular weight is 841 g/mol. The first-order valence-electron chi connectivity index (χ1n) is 22.7. The molecule has 8 rings (SSSR count). The predicted octanol–water partition coefficient (Wildman–Crippen LogP) is 6.46. The van der Waals surface area contributed by atoms with Gasteiger partial charge >= 0.3 is 5.95 Å². The van der Waals surface area contributed by atoms with E-state index in [1.54, 1.807) is 34.1 Å². The van der Waals surface area contributed by atoms with Gasteiger partial charge in [0, 0.05) is 94.4 Å². The van der Waals surface area contributed by atoms with Crippen LogP contribution < -0.4 is 19.7 Å². The summed E-state index contributed by atoms with van der Waals surface area (Å²) in [5, 5.41) is 20.5. The molecule has 0 fully saturated rings. The zero-order valence-corrected chi connectivity index (χ0v) is 37.2. The van der Waals surface area contributed by atoms with Crippen LogP contribution in [0.25, 0.3) is 0 Å². The predicted molar refractivity (Wildman–Crippen MR) is 243 cm³/mol. The molecule has 0 radical (unpaired) electrons. The molecule has 0 saturated heterocycles. The van der Waals surface area contributed by atoms with Crippen molar-refractivity contribution in [3.8, 4) is 0 Å². The van der Waals surface area contributed by atoms with E-state index in [2.05, 4.69) is 59.3 Å². The zero-order valence-electron chi connectivity index (χ0n) is 37.2. The van der Waals surface area contributed by atoms with Crippen molar-refractivity contribution in [2.24, 2.45) is 27.5 Å². The minimum atomic E-state index is -0.0714. The van der Waals surface area contributed by atoms with Gasteiger partial charge in [-0.25, -0.2) is 9.13 Å². The average Bonchev–Trinajstić information content (AvgIpc) is 3.64. The Labute approximate surface area is 366 Å². The van der Waals surface area contributed by atoms with E-state index in [0.717, 1.165) is 75.5 Å². The first-order valence-corrected chi connectivity index (χ1v) is 22.7. The summed E-state index contributed by atoms with van der Waals surface area (Å²) in [5.41, 5.74) is 11.5. The lowest BCUT2D eigenvalue weighted by atomic mass is 9.91. The van der Waals surface area contributed by atoms with Crippen LogP contribution in [0.15, 0.2) is 93.8 Å². The Bertz CT molecular complexity index is 2250. The number of nitrogens with two attached hydrogens (primary N) is 1. The number of anilines is 2. The van der Waals surface area contributed by atoms with Crippen molar-refractivity contribution < 1.29 is 19.5 Å². The molecule has 2 amide bonds. The molecule has 0 spiro atoms. The highest BCUT2D eigenvalue weighted by molar-refractivity contribution is 5.97. The normalized spacial score (nSPS) is 15.7. The highest BCUT2D eigenvalue weighted by Gasteiger charge is 2.26. The van der Waals surface area contributed by atoms with Gasteiger partial charge in [-0.3, -0.25) is 9.59 Å². The number of imidazole rings is 1. The SMILES string of the molecule is CN(C=C[NH2+]CCCN(C)C(=O)c1ccc(C(=O)N(C)CCCn2cc[n+](C)c2N=Nc2cc3c4c(c2)CCCN4CCC3)cc1)CN=Nc1cc2c3c(c1)CCCN3CCC2. The van der Waals surface area contributed by atoms with Crippen LogP contribution in [0.2, 0.25) is 0 Å². The Morgan fingerprint density at radius 3 is 1.74 bits per heavy atom. The largest absolute Gasteiger partial charge is 0.421 e. The molecule has 4 aliphatic rings. The molecule has 4 aromatic rings. The van der Waals surface area contributed by atoms with E-state index in [0.29, 0.717) is 37.4 Å². The first-order chi connectivity index (χ1) is 30.2. The number of rotatable bonds is 17. The number of hydrogen-bond acceptors (Lipinski definition) is 9. The summed E-state index contributed by atoms with van der Waals surface area (Å²) in [6, 6.07) is 15.9. The van der Waals surface area contributed by atoms with E-state index in [9.17, 15) is 9.59 Å². The number of hydrogen-bond donors (Lipinski definition) is 1. The van der Waals surface area contributed by atoms with E-state index < -0.39 is 0 Å². The molecular weight excluding hydrogens is 777 g/mol. The van der Waals surface area contributed by atoms with Gasteiger partial charge in [-0.2, -0.15) is 10.2 Å². The molecule has 0 saturated carbocycles. The number of benzene rings is 3. The van der Waals surface area contributed by atoms with Gasteiger partial charge in [-0.15, -0.1) is 0 Å². The van der Waals surface area contributed by atoms with Crippen LogP contribution in [-0.4, -0.2) is 105 Å². The summed E-state index contributed by atoms with van der Waals surface area (Å²) in [5.74, 6) is 0.643. The second-order valence-electron chi connectivity index (χ2n) is 17.5. The van der Waals surface area contributed by atoms with Crippen LogP contribution in [0.5, 0.6) is 0 Å². The quantitative estimate of drug-likeness (QED) is 0.0743. The van der Waals surface area contributed by atoms with Gasteiger partial charge in [0.05, 0.1) is 44.4 Å². The van der Waals surface area contributed by atoms with Gasteiger partial charge in [-0.05, 0) is 129 Å². The summed E-state index contributed by atoms with van der Waals surface area (Å²) >= 11 is 0. The summed E-state index contributed by atoms with van der Waals surface area (Å²) in [4.78, 5) is 37.1. The Kier molecular flexibility index (Phi) is 13.7. The fourth-order valence-corrected chi connectivity index (χ4v) is 9.50. The second-order valence-corrected chi connectivity index (χ2v) is 17.5. The topological polar surface area (TPSA) is 125 Å². The number of amides is 2. The van der Waals surface area contributed by atoms with Crippen LogP contribution in [0.3, 0.4) is 0 Å². The third kappa shape index (κ3) is 10.1. The molecule has 4 aliphatic heterocycles. The van der Waals surface area contributed by atoms with Gasteiger partial charge in [0.25, 0.3) is 11.8 Å². The third-order valence-electron chi connectivity index (χ3n) is 12.7. The first kappa shape index (κ1) is 42.8. The van der Waals surface area contributed by atoms with Gasteiger partial charge in [-0.1, -0.05) is 5.11 Å². The lowest BCUT2D eigenvalue weighted by molar-refractivity contribution is -0.657. The van der Waals surface area contributed by atoms with Crippen molar-refractivity contribution >= 4 is 40.5 Å². The van der Waals surface area contributed by atoms with Crippen LogP contribution >= 0.6 is 0 Å². The maximum absolute atomic E-state index is 13.3. The molecule has 1 aromatic heterocycles. The number of quaternary nitrogens is 1.